The van der Waals surface area contributed by atoms with Gasteiger partial charge in [-0.3, -0.25) is 4.68 Å². The standard InChI is InChI=1S/C49H46N4O.Pt/c1-30(2)36-25-38(53-48(35-15-11-10-12-16-35)47(34(6)51-53)46-32(4)23-31(3)24-33(46)5)28-40(26-36)54-39-19-20-42-41-17-13-14-18-43(41)52(44(42)29-39)45-27-37(21-22-50-45)49(7,8)9;/h10-27,30H,1-9H3;/q-2;+2. The molecule has 8 rings (SSSR count). The molecule has 0 spiro atoms. The molecule has 0 amide bonds. The number of fused-ring (bicyclic) bond motifs is 3. The van der Waals surface area contributed by atoms with Gasteiger partial charge in [-0.25, -0.2) is 4.98 Å². The fourth-order valence-corrected chi connectivity index (χ4v) is 7.79. The van der Waals surface area contributed by atoms with Gasteiger partial charge in [-0.15, -0.1) is 41.3 Å². The van der Waals surface area contributed by atoms with Crippen LogP contribution in [-0.2, 0) is 26.5 Å². The molecule has 5 aromatic carbocycles. The maximum atomic E-state index is 6.74. The first-order chi connectivity index (χ1) is 25.9. The summed E-state index contributed by atoms with van der Waals surface area (Å²) in [5.41, 5.74) is 14.3. The second-order valence-electron chi connectivity index (χ2n) is 15.9. The Morgan fingerprint density at radius 3 is 2.13 bits per heavy atom. The van der Waals surface area contributed by atoms with E-state index >= 15 is 0 Å². The van der Waals surface area contributed by atoms with E-state index in [-0.39, 0.29) is 32.4 Å². The maximum Gasteiger partial charge on any atom is 2.00 e. The van der Waals surface area contributed by atoms with E-state index in [1.807, 2.05) is 12.3 Å². The summed E-state index contributed by atoms with van der Waals surface area (Å²) in [6, 6.07) is 43.5. The first kappa shape index (κ1) is 38.0. The van der Waals surface area contributed by atoms with Crippen LogP contribution in [0.15, 0.2) is 109 Å². The molecular weight excluding hydrogens is 856 g/mol. The largest absolute Gasteiger partial charge is 2.00 e. The molecule has 0 bridgehead atoms. The average molecular weight is 902 g/mol. The van der Waals surface area contributed by atoms with Gasteiger partial charge in [0, 0.05) is 34.3 Å². The molecule has 8 aromatic rings. The van der Waals surface area contributed by atoms with Crippen LogP contribution < -0.4 is 4.74 Å². The molecule has 0 unspecified atom stereocenters. The molecule has 0 fully saturated rings. The van der Waals surface area contributed by atoms with Crippen molar-refractivity contribution >= 4 is 21.8 Å². The molecule has 0 aliphatic rings. The summed E-state index contributed by atoms with van der Waals surface area (Å²) in [6.07, 6.45) is 1.90. The summed E-state index contributed by atoms with van der Waals surface area (Å²) in [5.74, 6) is 2.32. The first-order valence-corrected chi connectivity index (χ1v) is 18.8. The Labute approximate surface area is 339 Å². The Balaban J connectivity index is 0.00000465. The van der Waals surface area contributed by atoms with Crippen molar-refractivity contribution in [1.82, 2.24) is 19.3 Å². The van der Waals surface area contributed by atoms with E-state index in [0.29, 0.717) is 11.5 Å². The monoisotopic (exact) mass is 901 g/mol. The van der Waals surface area contributed by atoms with Gasteiger partial charge in [0.05, 0.1) is 11.4 Å². The predicted octanol–water partition coefficient (Wildman–Crippen LogP) is 12.7. The van der Waals surface area contributed by atoms with Gasteiger partial charge in [0.15, 0.2) is 0 Å². The van der Waals surface area contributed by atoms with Gasteiger partial charge in [0.2, 0.25) is 0 Å². The number of ether oxygens (including phenoxy) is 1. The van der Waals surface area contributed by atoms with Gasteiger partial charge in [-0.05, 0) is 90.6 Å². The van der Waals surface area contributed by atoms with Crippen molar-refractivity contribution in [3.63, 3.8) is 0 Å². The van der Waals surface area contributed by atoms with Crippen molar-refractivity contribution in [2.45, 2.75) is 73.6 Å². The molecule has 3 aromatic heterocycles. The van der Waals surface area contributed by atoms with Crippen LogP contribution in [0.4, 0.5) is 0 Å². The number of aryl methyl sites for hydroxylation is 4. The van der Waals surface area contributed by atoms with Crippen molar-refractivity contribution in [2.24, 2.45) is 0 Å². The van der Waals surface area contributed by atoms with E-state index in [4.69, 9.17) is 14.8 Å². The van der Waals surface area contributed by atoms with Crippen LogP contribution in [0.25, 0.3) is 55.7 Å². The SMILES string of the molecule is Cc1cc(C)c(-c2c(C)nn(-c3[c-]c(Oc4[c-]c5c(cc4)c4ccccc4n5-c4cc(C(C)(C)C)ccn4)cc(C(C)C)c3)c2-c2ccccc2)c(C)c1.[Pt+2]. The van der Waals surface area contributed by atoms with Gasteiger partial charge in [0.25, 0.3) is 0 Å². The van der Waals surface area contributed by atoms with Crippen molar-refractivity contribution in [3.05, 3.63) is 155 Å². The normalized spacial score (nSPS) is 11.7. The number of hydrogen-bond donors (Lipinski definition) is 0. The topological polar surface area (TPSA) is 44.9 Å². The Kier molecular flexibility index (Phi) is 10.2. The third kappa shape index (κ3) is 7.07. The molecule has 3 heterocycles. The molecule has 6 heteroatoms. The van der Waals surface area contributed by atoms with Crippen molar-refractivity contribution in [2.75, 3.05) is 0 Å². The minimum Gasteiger partial charge on any atom is -0.509 e. The van der Waals surface area contributed by atoms with Crippen LogP contribution in [-0.4, -0.2) is 19.3 Å². The van der Waals surface area contributed by atoms with Crippen LogP contribution in [0, 0.1) is 39.8 Å². The number of hydrogen-bond acceptors (Lipinski definition) is 3. The molecule has 0 radical (unpaired) electrons. The molecule has 278 valence electrons. The van der Waals surface area contributed by atoms with Crippen molar-refractivity contribution in [3.8, 4) is 45.4 Å². The molecule has 0 aliphatic carbocycles. The number of nitrogens with zero attached hydrogens (tertiary/aromatic N) is 4. The Morgan fingerprint density at radius 2 is 1.42 bits per heavy atom. The van der Waals surface area contributed by atoms with Crippen LogP contribution in [0.2, 0.25) is 0 Å². The molecule has 0 N–H and O–H groups in total. The zero-order valence-corrected chi connectivity index (χ0v) is 35.3. The smallest absolute Gasteiger partial charge is 0.509 e. The summed E-state index contributed by atoms with van der Waals surface area (Å²) in [7, 11) is 0. The molecule has 0 saturated carbocycles. The van der Waals surface area contributed by atoms with E-state index < -0.39 is 0 Å². The van der Waals surface area contributed by atoms with Gasteiger partial charge in [-0.2, -0.15) is 11.2 Å². The average Bonchev–Trinajstić information content (AvgIpc) is 3.65. The van der Waals surface area contributed by atoms with Crippen molar-refractivity contribution in [1.29, 1.82) is 0 Å². The molecule has 0 aliphatic heterocycles. The number of rotatable bonds is 7. The second kappa shape index (κ2) is 14.8. The van der Waals surface area contributed by atoms with E-state index in [9.17, 15) is 0 Å². The number of para-hydroxylation sites is 1. The maximum absolute atomic E-state index is 6.74. The predicted molar refractivity (Wildman–Crippen MR) is 222 cm³/mol. The Morgan fingerprint density at radius 1 is 0.709 bits per heavy atom. The number of aromatic nitrogens is 4. The third-order valence-corrected chi connectivity index (χ3v) is 10.4. The fourth-order valence-electron chi connectivity index (χ4n) is 7.79. The molecular formula is C49H46N4OPt. The molecule has 5 nitrogen and oxygen atoms in total. The van der Waals surface area contributed by atoms with Gasteiger partial charge >= 0.3 is 21.1 Å². The summed E-state index contributed by atoms with van der Waals surface area (Å²) in [5, 5.41) is 7.47. The zero-order valence-electron chi connectivity index (χ0n) is 33.0. The molecule has 55 heavy (non-hydrogen) atoms. The minimum atomic E-state index is -0.0184. The van der Waals surface area contributed by atoms with Crippen LogP contribution in [0.5, 0.6) is 11.5 Å². The number of benzene rings is 5. The van der Waals surface area contributed by atoms with Crippen LogP contribution >= 0.6 is 0 Å². The van der Waals surface area contributed by atoms with E-state index in [0.717, 1.165) is 61.4 Å². The van der Waals surface area contributed by atoms with Gasteiger partial charge in [0.1, 0.15) is 5.82 Å². The Bertz CT molecular complexity index is 2670. The quantitative estimate of drug-likeness (QED) is 0.150. The first-order valence-electron chi connectivity index (χ1n) is 18.8. The van der Waals surface area contributed by atoms with Gasteiger partial charge in [-0.1, -0.05) is 106 Å². The van der Waals surface area contributed by atoms with Crippen molar-refractivity contribution < 1.29 is 25.8 Å². The van der Waals surface area contributed by atoms with Gasteiger partial charge < -0.3 is 9.30 Å². The number of pyridine rings is 1. The summed E-state index contributed by atoms with van der Waals surface area (Å²) in [4.78, 5) is 4.85. The minimum absolute atomic E-state index is 0. The fraction of sp³-hybridized carbons (Fsp3) is 0.224. The summed E-state index contributed by atoms with van der Waals surface area (Å²) < 4.78 is 11.0. The Hall–Kier alpha value is -5.25. The summed E-state index contributed by atoms with van der Waals surface area (Å²) >= 11 is 0. The third-order valence-electron chi connectivity index (χ3n) is 10.4. The zero-order chi connectivity index (χ0) is 37.9. The van der Waals surface area contributed by atoms with Crippen LogP contribution in [0.3, 0.4) is 0 Å². The van der Waals surface area contributed by atoms with E-state index in [1.54, 1.807) is 0 Å². The van der Waals surface area contributed by atoms with Crippen LogP contribution in [0.1, 0.15) is 74.0 Å². The second-order valence-corrected chi connectivity index (χ2v) is 15.9. The summed E-state index contributed by atoms with van der Waals surface area (Å²) in [6.45, 7) is 19.7. The molecule has 0 atom stereocenters. The van der Waals surface area contributed by atoms with E-state index in [1.165, 1.54) is 27.8 Å². The molecule has 0 saturated heterocycles. The van der Waals surface area contributed by atoms with E-state index in [2.05, 4.69) is 181 Å².